The molecule has 2 heterocycles. The monoisotopic (exact) mass is 283 g/mol. The zero-order valence-electron chi connectivity index (χ0n) is 11.4. The summed E-state index contributed by atoms with van der Waals surface area (Å²) in [5.41, 5.74) is 0. The first-order valence-electron chi connectivity index (χ1n) is 6.27. The maximum atomic E-state index is 8.85. The van der Waals surface area contributed by atoms with Gasteiger partial charge < -0.3 is 10.2 Å². The molecule has 0 aliphatic rings. The third-order valence-electron chi connectivity index (χ3n) is 2.46. The summed E-state index contributed by atoms with van der Waals surface area (Å²) < 4.78 is 1.49. The molecule has 9 heteroatoms. The molecule has 0 aliphatic carbocycles. The van der Waals surface area contributed by atoms with Gasteiger partial charge in [0.15, 0.2) is 0 Å². The van der Waals surface area contributed by atoms with E-state index in [0.717, 1.165) is 0 Å². The summed E-state index contributed by atoms with van der Waals surface area (Å²) in [7, 11) is 0. The molecular weight excluding hydrogens is 270 g/mol. The Morgan fingerprint density at radius 3 is 2.57 bits per heavy atom. The van der Waals surface area contributed by atoms with Crippen LogP contribution in [0.25, 0.3) is 5.95 Å². The highest BCUT2D eigenvalue weighted by atomic mass is 15.4. The minimum Gasteiger partial charge on any atom is -0.354 e. The molecular formula is C12H13N9. The summed E-state index contributed by atoms with van der Waals surface area (Å²) in [5, 5.41) is 24.8. The molecule has 21 heavy (non-hydrogen) atoms. The summed E-state index contributed by atoms with van der Waals surface area (Å²) in [6, 6.07) is 5.73. The van der Waals surface area contributed by atoms with Crippen molar-refractivity contribution < 1.29 is 0 Å². The number of anilines is 2. The Hall–Kier alpha value is -3.20. The van der Waals surface area contributed by atoms with Crippen LogP contribution in [0, 0.1) is 22.7 Å². The highest BCUT2D eigenvalue weighted by Gasteiger charge is 2.14. The molecule has 0 atom stereocenters. The fourth-order valence-electron chi connectivity index (χ4n) is 1.59. The Balaban J connectivity index is 2.44. The van der Waals surface area contributed by atoms with Gasteiger partial charge in [-0.3, -0.25) is 0 Å². The normalized spacial score (nSPS) is 9.67. The quantitative estimate of drug-likeness (QED) is 0.754. The van der Waals surface area contributed by atoms with Gasteiger partial charge in [0.25, 0.3) is 5.95 Å². The van der Waals surface area contributed by atoms with E-state index in [2.05, 4.69) is 25.4 Å². The number of hydrogen-bond acceptors (Lipinski definition) is 8. The zero-order valence-corrected chi connectivity index (χ0v) is 11.4. The van der Waals surface area contributed by atoms with E-state index in [1.165, 1.54) is 9.58 Å². The molecule has 106 valence electrons. The van der Waals surface area contributed by atoms with Crippen molar-refractivity contribution in [2.75, 3.05) is 29.9 Å². The SMILES string of the molecule is CCNc1nc(N(CC#N)CC#N)nc(-n2cccn2)n1. The van der Waals surface area contributed by atoms with Gasteiger partial charge >= 0.3 is 0 Å². The second-order valence-electron chi connectivity index (χ2n) is 3.91. The molecule has 0 spiro atoms. The van der Waals surface area contributed by atoms with Gasteiger partial charge in [0.1, 0.15) is 13.1 Å². The third-order valence-corrected chi connectivity index (χ3v) is 2.46. The Bertz CT molecular complexity index is 649. The van der Waals surface area contributed by atoms with E-state index in [0.29, 0.717) is 18.4 Å². The zero-order chi connectivity index (χ0) is 15.1. The summed E-state index contributed by atoms with van der Waals surface area (Å²) >= 11 is 0. The molecule has 0 unspecified atom stereocenters. The summed E-state index contributed by atoms with van der Waals surface area (Å²) in [4.78, 5) is 14.2. The lowest BCUT2D eigenvalue weighted by Gasteiger charge is -2.17. The molecule has 0 aliphatic heterocycles. The fraction of sp³-hybridized carbons (Fsp3) is 0.333. The molecule has 1 N–H and O–H groups in total. The Morgan fingerprint density at radius 2 is 2.00 bits per heavy atom. The van der Waals surface area contributed by atoms with Crippen LogP contribution in [0.4, 0.5) is 11.9 Å². The first kappa shape index (κ1) is 14.2. The van der Waals surface area contributed by atoms with Crippen molar-refractivity contribution in [3.05, 3.63) is 18.5 Å². The average molecular weight is 283 g/mol. The van der Waals surface area contributed by atoms with Crippen molar-refractivity contribution in [1.29, 1.82) is 10.5 Å². The van der Waals surface area contributed by atoms with Gasteiger partial charge in [0, 0.05) is 18.9 Å². The summed E-state index contributed by atoms with van der Waals surface area (Å²) in [5.74, 6) is 0.949. The first-order valence-corrected chi connectivity index (χ1v) is 6.27. The van der Waals surface area contributed by atoms with Crippen LogP contribution in [0.5, 0.6) is 0 Å². The van der Waals surface area contributed by atoms with E-state index in [-0.39, 0.29) is 19.0 Å². The van der Waals surface area contributed by atoms with Crippen molar-refractivity contribution in [2.45, 2.75) is 6.92 Å². The van der Waals surface area contributed by atoms with Crippen molar-refractivity contribution >= 4 is 11.9 Å². The number of nitrogens with one attached hydrogen (secondary N) is 1. The standard InChI is InChI=1S/C12H13N9/c1-2-15-10-17-11(20(8-4-13)9-5-14)19-12(18-10)21-7-3-6-16-21/h3,6-7H,2,8-9H2,1H3,(H,15,17,18,19). The largest absolute Gasteiger partial charge is 0.354 e. The number of hydrogen-bond donors (Lipinski definition) is 1. The van der Waals surface area contributed by atoms with Crippen LogP contribution in [0.1, 0.15) is 6.92 Å². The van der Waals surface area contributed by atoms with E-state index in [9.17, 15) is 0 Å². The van der Waals surface area contributed by atoms with Crippen molar-refractivity contribution in [3.63, 3.8) is 0 Å². The van der Waals surface area contributed by atoms with Gasteiger partial charge in [-0.25, -0.2) is 4.68 Å². The molecule has 2 aromatic heterocycles. The molecule has 0 fully saturated rings. The topological polar surface area (TPSA) is 119 Å². The third kappa shape index (κ3) is 3.42. The van der Waals surface area contributed by atoms with E-state index in [1.807, 2.05) is 19.1 Å². The smallest absolute Gasteiger partial charge is 0.257 e. The molecule has 0 bridgehead atoms. The fourth-order valence-corrected chi connectivity index (χ4v) is 1.59. The van der Waals surface area contributed by atoms with Crippen LogP contribution in [0.15, 0.2) is 18.5 Å². The average Bonchev–Trinajstić information content (AvgIpc) is 3.01. The van der Waals surface area contributed by atoms with Crippen LogP contribution < -0.4 is 10.2 Å². The Labute approximate surface area is 121 Å². The lowest BCUT2D eigenvalue weighted by Crippen LogP contribution is -2.27. The number of rotatable bonds is 6. The highest BCUT2D eigenvalue weighted by Crippen LogP contribution is 2.12. The second-order valence-corrected chi connectivity index (χ2v) is 3.91. The first-order chi connectivity index (χ1) is 10.3. The molecule has 0 aromatic carbocycles. The summed E-state index contributed by atoms with van der Waals surface area (Å²) in [6.07, 6.45) is 3.31. The van der Waals surface area contributed by atoms with Crippen LogP contribution >= 0.6 is 0 Å². The van der Waals surface area contributed by atoms with Crippen LogP contribution in [0.3, 0.4) is 0 Å². The van der Waals surface area contributed by atoms with Crippen LogP contribution in [-0.4, -0.2) is 44.4 Å². The lowest BCUT2D eigenvalue weighted by molar-refractivity contribution is 0.779. The molecule has 0 radical (unpaired) electrons. The van der Waals surface area contributed by atoms with Crippen molar-refractivity contribution in [3.8, 4) is 18.1 Å². The molecule has 0 saturated carbocycles. The number of nitrogens with zero attached hydrogens (tertiary/aromatic N) is 8. The number of nitriles is 2. The van der Waals surface area contributed by atoms with Gasteiger partial charge in [0.05, 0.1) is 12.1 Å². The van der Waals surface area contributed by atoms with Gasteiger partial charge in [-0.2, -0.15) is 30.6 Å². The van der Waals surface area contributed by atoms with E-state index >= 15 is 0 Å². The molecule has 9 nitrogen and oxygen atoms in total. The molecule has 0 amide bonds. The Morgan fingerprint density at radius 1 is 1.24 bits per heavy atom. The maximum absolute atomic E-state index is 8.85. The van der Waals surface area contributed by atoms with E-state index in [4.69, 9.17) is 10.5 Å². The predicted molar refractivity (Wildman–Crippen MR) is 74.6 cm³/mol. The van der Waals surface area contributed by atoms with Crippen molar-refractivity contribution in [1.82, 2.24) is 24.7 Å². The molecule has 0 saturated heterocycles. The van der Waals surface area contributed by atoms with E-state index < -0.39 is 0 Å². The predicted octanol–water partition coefficient (Wildman–Crippen LogP) is 0.343. The molecule has 2 rings (SSSR count). The summed E-state index contributed by atoms with van der Waals surface area (Å²) in [6.45, 7) is 2.58. The van der Waals surface area contributed by atoms with Crippen LogP contribution in [-0.2, 0) is 0 Å². The lowest BCUT2D eigenvalue weighted by atomic mass is 10.5. The van der Waals surface area contributed by atoms with Gasteiger partial charge in [-0.1, -0.05) is 0 Å². The van der Waals surface area contributed by atoms with Gasteiger partial charge in [-0.15, -0.1) is 0 Å². The van der Waals surface area contributed by atoms with Crippen LogP contribution in [0.2, 0.25) is 0 Å². The minimum atomic E-state index is 0.0156. The second kappa shape index (κ2) is 6.82. The molecule has 2 aromatic rings. The Kier molecular flexibility index (Phi) is 4.62. The van der Waals surface area contributed by atoms with E-state index in [1.54, 1.807) is 18.5 Å². The maximum Gasteiger partial charge on any atom is 0.257 e. The highest BCUT2D eigenvalue weighted by molar-refractivity contribution is 5.41. The number of aromatic nitrogens is 5. The van der Waals surface area contributed by atoms with Gasteiger partial charge in [-0.05, 0) is 13.0 Å². The minimum absolute atomic E-state index is 0.0156. The van der Waals surface area contributed by atoms with Crippen molar-refractivity contribution in [2.24, 2.45) is 0 Å². The van der Waals surface area contributed by atoms with Gasteiger partial charge in [0.2, 0.25) is 11.9 Å².